The number of ether oxygens (including phenoxy) is 1. The van der Waals surface area contributed by atoms with Gasteiger partial charge in [-0.1, -0.05) is 43.7 Å². The summed E-state index contributed by atoms with van der Waals surface area (Å²) in [6.45, 7) is 3.56. The molecule has 29 heavy (non-hydrogen) atoms. The van der Waals surface area contributed by atoms with Crippen LogP contribution in [0.2, 0.25) is 0 Å². The van der Waals surface area contributed by atoms with Crippen LogP contribution in [-0.2, 0) is 12.6 Å². The van der Waals surface area contributed by atoms with Crippen molar-refractivity contribution in [1.82, 2.24) is 5.32 Å². The smallest absolute Gasteiger partial charge is 0.416 e. The number of hydrogen-bond donors (Lipinski definition) is 1. The molecule has 0 amide bonds. The summed E-state index contributed by atoms with van der Waals surface area (Å²) < 4.78 is 44.7. The van der Waals surface area contributed by atoms with Crippen molar-refractivity contribution in [3.05, 3.63) is 71.3 Å². The molecule has 5 heteroatoms. The normalized spacial score (nSPS) is 17.1. The molecule has 0 aliphatic carbocycles. The zero-order valence-electron chi connectivity index (χ0n) is 16.8. The summed E-state index contributed by atoms with van der Waals surface area (Å²) in [6.07, 6.45) is 2.44. The molecule has 156 valence electrons. The van der Waals surface area contributed by atoms with Crippen molar-refractivity contribution in [2.75, 3.05) is 13.2 Å². The summed E-state index contributed by atoms with van der Waals surface area (Å²) in [4.78, 5) is 0. The second-order valence-electron chi connectivity index (χ2n) is 7.50. The Morgan fingerprint density at radius 1 is 1.10 bits per heavy atom. The Bertz CT molecular complexity index is 812. The van der Waals surface area contributed by atoms with E-state index in [1.807, 2.05) is 18.2 Å². The fourth-order valence-electron chi connectivity index (χ4n) is 3.53. The summed E-state index contributed by atoms with van der Waals surface area (Å²) in [5, 5.41) is 3.46. The van der Waals surface area contributed by atoms with Gasteiger partial charge in [0.05, 0.1) is 12.2 Å². The van der Waals surface area contributed by atoms with Gasteiger partial charge in [0.1, 0.15) is 5.75 Å². The maximum absolute atomic E-state index is 13.0. The molecule has 0 spiro atoms. The summed E-state index contributed by atoms with van der Waals surface area (Å²) >= 11 is 0. The Balaban J connectivity index is 1.54. The first-order valence-corrected chi connectivity index (χ1v) is 10.3. The van der Waals surface area contributed by atoms with Crippen molar-refractivity contribution in [2.24, 2.45) is 0 Å². The highest BCUT2D eigenvalue weighted by Crippen LogP contribution is 2.32. The SMILES string of the molecule is CCCCOc1ccc(CCC2CC(c3cccc(C(F)(F)F)c3)=CCN2)cc1. The highest BCUT2D eigenvalue weighted by Gasteiger charge is 2.30. The molecule has 1 unspecified atom stereocenters. The van der Waals surface area contributed by atoms with E-state index in [1.54, 1.807) is 6.07 Å². The molecule has 1 aliphatic heterocycles. The minimum atomic E-state index is -4.31. The van der Waals surface area contributed by atoms with E-state index < -0.39 is 11.7 Å². The summed E-state index contributed by atoms with van der Waals surface area (Å²) in [6, 6.07) is 14.1. The minimum absolute atomic E-state index is 0.255. The van der Waals surface area contributed by atoms with E-state index in [-0.39, 0.29) is 6.04 Å². The largest absolute Gasteiger partial charge is 0.494 e. The van der Waals surface area contributed by atoms with Crippen LogP contribution in [0.4, 0.5) is 13.2 Å². The first-order valence-electron chi connectivity index (χ1n) is 10.3. The van der Waals surface area contributed by atoms with E-state index in [0.29, 0.717) is 12.1 Å². The Hall–Kier alpha value is -2.27. The third kappa shape index (κ3) is 6.36. The molecule has 1 heterocycles. The van der Waals surface area contributed by atoms with E-state index in [9.17, 15) is 13.2 Å². The zero-order valence-corrected chi connectivity index (χ0v) is 16.8. The molecule has 2 nitrogen and oxygen atoms in total. The lowest BCUT2D eigenvalue weighted by molar-refractivity contribution is -0.137. The monoisotopic (exact) mass is 403 g/mol. The van der Waals surface area contributed by atoms with E-state index in [2.05, 4.69) is 24.4 Å². The number of benzene rings is 2. The van der Waals surface area contributed by atoms with Crippen molar-refractivity contribution < 1.29 is 17.9 Å². The van der Waals surface area contributed by atoms with Crippen LogP contribution in [0.1, 0.15) is 49.3 Å². The average Bonchev–Trinajstić information content (AvgIpc) is 2.73. The van der Waals surface area contributed by atoms with Gasteiger partial charge in [-0.05, 0) is 66.6 Å². The quantitative estimate of drug-likeness (QED) is 0.525. The highest BCUT2D eigenvalue weighted by atomic mass is 19.4. The number of aryl methyl sites for hydroxylation is 1. The molecule has 2 aromatic rings. The molecular formula is C24H28F3NO. The molecule has 0 fully saturated rings. The molecule has 0 aromatic heterocycles. The molecule has 1 atom stereocenters. The Morgan fingerprint density at radius 2 is 1.90 bits per heavy atom. The zero-order chi connectivity index (χ0) is 20.7. The van der Waals surface area contributed by atoms with Gasteiger partial charge < -0.3 is 10.1 Å². The van der Waals surface area contributed by atoms with E-state index >= 15 is 0 Å². The second kappa shape index (κ2) is 9.97. The Morgan fingerprint density at radius 3 is 2.62 bits per heavy atom. The molecule has 0 bridgehead atoms. The standard InChI is InChI=1S/C24H28F3NO/c1-2-3-15-29-23-11-8-18(9-12-23)7-10-22-17-20(13-14-28-22)19-5-4-6-21(16-19)24(25,26)27/h4-6,8-9,11-13,16,22,28H,2-3,7,10,14-15,17H2,1H3. The maximum Gasteiger partial charge on any atom is 0.416 e. The maximum atomic E-state index is 13.0. The van der Waals surface area contributed by atoms with Gasteiger partial charge in [0, 0.05) is 12.6 Å². The van der Waals surface area contributed by atoms with Gasteiger partial charge in [-0.15, -0.1) is 0 Å². The van der Waals surface area contributed by atoms with Gasteiger partial charge in [-0.25, -0.2) is 0 Å². The van der Waals surface area contributed by atoms with Crippen LogP contribution >= 0.6 is 0 Å². The lowest BCUT2D eigenvalue weighted by Gasteiger charge is -2.25. The Labute approximate surface area is 170 Å². The van der Waals surface area contributed by atoms with Gasteiger partial charge in [-0.2, -0.15) is 13.2 Å². The van der Waals surface area contributed by atoms with Crippen LogP contribution in [0.5, 0.6) is 5.75 Å². The minimum Gasteiger partial charge on any atom is -0.494 e. The highest BCUT2D eigenvalue weighted by molar-refractivity contribution is 5.67. The van der Waals surface area contributed by atoms with E-state index in [4.69, 9.17) is 4.74 Å². The average molecular weight is 403 g/mol. The van der Waals surface area contributed by atoms with Gasteiger partial charge in [0.2, 0.25) is 0 Å². The van der Waals surface area contributed by atoms with Crippen LogP contribution in [0.25, 0.3) is 5.57 Å². The van der Waals surface area contributed by atoms with E-state index in [0.717, 1.165) is 56.1 Å². The lowest BCUT2D eigenvalue weighted by atomic mass is 9.91. The second-order valence-corrected chi connectivity index (χ2v) is 7.50. The summed E-state index contributed by atoms with van der Waals surface area (Å²) in [5.74, 6) is 0.896. The number of nitrogens with one attached hydrogen (secondary N) is 1. The molecule has 1 N–H and O–H groups in total. The lowest BCUT2D eigenvalue weighted by Crippen LogP contribution is -2.33. The first-order chi connectivity index (χ1) is 14.0. The molecular weight excluding hydrogens is 375 g/mol. The number of alkyl halides is 3. The van der Waals surface area contributed by atoms with Crippen LogP contribution in [-0.4, -0.2) is 19.2 Å². The molecule has 0 saturated heterocycles. The first kappa shape index (κ1) is 21.4. The van der Waals surface area contributed by atoms with Crippen LogP contribution in [0.15, 0.2) is 54.6 Å². The summed E-state index contributed by atoms with van der Waals surface area (Å²) in [7, 11) is 0. The van der Waals surface area contributed by atoms with Crippen molar-refractivity contribution in [1.29, 1.82) is 0 Å². The van der Waals surface area contributed by atoms with Gasteiger partial charge >= 0.3 is 6.18 Å². The van der Waals surface area contributed by atoms with Crippen molar-refractivity contribution >= 4 is 5.57 Å². The Kier molecular flexibility index (Phi) is 7.37. The van der Waals surface area contributed by atoms with Gasteiger partial charge in [-0.3, -0.25) is 0 Å². The third-order valence-electron chi connectivity index (χ3n) is 5.25. The molecule has 0 saturated carbocycles. The van der Waals surface area contributed by atoms with Crippen molar-refractivity contribution in [3.63, 3.8) is 0 Å². The fourth-order valence-corrected chi connectivity index (χ4v) is 3.53. The molecule has 0 radical (unpaired) electrons. The fraction of sp³-hybridized carbons (Fsp3) is 0.417. The van der Waals surface area contributed by atoms with Gasteiger partial charge in [0.15, 0.2) is 0 Å². The predicted molar refractivity (Wildman–Crippen MR) is 111 cm³/mol. The number of hydrogen-bond acceptors (Lipinski definition) is 2. The van der Waals surface area contributed by atoms with Crippen molar-refractivity contribution in [2.45, 2.75) is 51.2 Å². The van der Waals surface area contributed by atoms with Crippen LogP contribution < -0.4 is 10.1 Å². The topological polar surface area (TPSA) is 21.3 Å². The number of rotatable bonds is 8. The third-order valence-corrected chi connectivity index (χ3v) is 5.25. The summed E-state index contributed by atoms with van der Waals surface area (Å²) in [5.41, 5.74) is 2.30. The van der Waals surface area contributed by atoms with Gasteiger partial charge in [0.25, 0.3) is 0 Å². The number of unbranched alkanes of at least 4 members (excludes halogenated alkanes) is 1. The number of halogens is 3. The molecule has 3 rings (SSSR count). The van der Waals surface area contributed by atoms with Crippen molar-refractivity contribution in [3.8, 4) is 5.75 Å². The molecule has 1 aliphatic rings. The molecule has 2 aromatic carbocycles. The van der Waals surface area contributed by atoms with Crippen LogP contribution in [0.3, 0.4) is 0 Å². The van der Waals surface area contributed by atoms with E-state index in [1.165, 1.54) is 17.7 Å². The van der Waals surface area contributed by atoms with Crippen LogP contribution in [0, 0.1) is 0 Å². The predicted octanol–water partition coefficient (Wildman–Crippen LogP) is 6.26.